The molecule has 9 heteroatoms. The number of carboxylic acid groups (broad SMARTS) is 1. The second-order valence-electron chi connectivity index (χ2n) is 8.41. The Bertz CT molecular complexity index is 1450. The molecule has 35 heavy (non-hydrogen) atoms. The zero-order chi connectivity index (χ0) is 25.1. The number of rotatable bonds is 9. The predicted molar refractivity (Wildman–Crippen MR) is 130 cm³/mol. The minimum absolute atomic E-state index is 0.0125. The topological polar surface area (TPSA) is 142 Å². The highest BCUT2D eigenvalue weighted by Gasteiger charge is 2.25. The summed E-state index contributed by atoms with van der Waals surface area (Å²) >= 11 is 0. The van der Waals surface area contributed by atoms with Crippen LogP contribution in [0.2, 0.25) is 0 Å². The molecule has 0 spiro atoms. The standard InChI is InChI=1S/C26H26N2O7/c1-3-4-15-10-24(30)35-23-12-18(6-7-19(15)23)34-14(2)25(31)28-22(26(32)33)9-16-13-27-21-8-5-17(29)11-20(16)21/h5-8,10-14,22,27,29H,3-4,9H2,1-2H3,(H,28,31)(H,32,33). The largest absolute Gasteiger partial charge is 0.508 e. The fourth-order valence-corrected chi connectivity index (χ4v) is 4.06. The van der Waals surface area contributed by atoms with E-state index in [0.29, 0.717) is 22.3 Å². The smallest absolute Gasteiger partial charge is 0.336 e. The number of aryl methyl sites for hydroxylation is 1. The van der Waals surface area contributed by atoms with Gasteiger partial charge in [-0.25, -0.2) is 9.59 Å². The molecular weight excluding hydrogens is 452 g/mol. The van der Waals surface area contributed by atoms with E-state index in [1.807, 2.05) is 6.92 Å². The molecule has 2 aromatic heterocycles. The number of hydrogen-bond donors (Lipinski definition) is 4. The Kier molecular flexibility index (Phi) is 6.77. The first-order valence-corrected chi connectivity index (χ1v) is 11.3. The van der Waals surface area contributed by atoms with Gasteiger partial charge >= 0.3 is 11.6 Å². The van der Waals surface area contributed by atoms with Crippen molar-refractivity contribution in [3.8, 4) is 11.5 Å². The van der Waals surface area contributed by atoms with Crippen molar-refractivity contribution >= 4 is 33.7 Å². The second-order valence-corrected chi connectivity index (χ2v) is 8.41. The summed E-state index contributed by atoms with van der Waals surface area (Å²) in [6, 6.07) is 10.0. The van der Waals surface area contributed by atoms with Crippen LogP contribution in [0, 0.1) is 0 Å². The average molecular weight is 479 g/mol. The number of carbonyl (C=O) groups is 2. The van der Waals surface area contributed by atoms with Crippen LogP contribution in [0.4, 0.5) is 0 Å². The molecule has 0 aliphatic rings. The molecule has 2 atom stereocenters. The number of hydrogen-bond acceptors (Lipinski definition) is 6. The molecule has 0 saturated carbocycles. The van der Waals surface area contributed by atoms with Gasteiger partial charge in [0.2, 0.25) is 0 Å². The summed E-state index contributed by atoms with van der Waals surface area (Å²) < 4.78 is 11.0. The number of aromatic nitrogens is 1. The fourth-order valence-electron chi connectivity index (χ4n) is 4.06. The molecule has 0 aliphatic heterocycles. The number of amides is 1. The lowest BCUT2D eigenvalue weighted by atomic mass is 10.0. The molecule has 182 valence electrons. The van der Waals surface area contributed by atoms with Crippen LogP contribution in [-0.4, -0.2) is 39.2 Å². The van der Waals surface area contributed by atoms with E-state index in [1.54, 1.807) is 30.5 Å². The first kappa shape index (κ1) is 23.9. The zero-order valence-electron chi connectivity index (χ0n) is 19.3. The van der Waals surface area contributed by atoms with Crippen LogP contribution >= 0.6 is 0 Å². The summed E-state index contributed by atoms with van der Waals surface area (Å²) in [4.78, 5) is 39.5. The van der Waals surface area contributed by atoms with Gasteiger partial charge in [0.05, 0.1) is 0 Å². The Labute approximate surface area is 200 Å². The Morgan fingerprint density at radius 2 is 1.91 bits per heavy atom. The fraction of sp³-hybridized carbons (Fsp3) is 0.269. The van der Waals surface area contributed by atoms with Gasteiger partial charge in [0.1, 0.15) is 23.1 Å². The normalized spacial score (nSPS) is 13.0. The highest BCUT2D eigenvalue weighted by molar-refractivity contribution is 5.89. The molecule has 0 fully saturated rings. The highest BCUT2D eigenvalue weighted by Crippen LogP contribution is 2.25. The van der Waals surface area contributed by atoms with Crippen molar-refractivity contribution in [3.05, 3.63) is 70.2 Å². The van der Waals surface area contributed by atoms with E-state index in [1.165, 1.54) is 25.1 Å². The number of nitrogens with one attached hydrogen (secondary N) is 2. The Hall–Kier alpha value is -4.27. The SMILES string of the molecule is CCCc1cc(=O)oc2cc(OC(C)C(=O)NC(Cc3c[nH]c4ccc(O)cc34)C(=O)O)ccc12. The van der Waals surface area contributed by atoms with Crippen LogP contribution in [0.1, 0.15) is 31.4 Å². The Morgan fingerprint density at radius 1 is 1.11 bits per heavy atom. The van der Waals surface area contributed by atoms with Crippen LogP contribution in [0.5, 0.6) is 11.5 Å². The first-order chi connectivity index (χ1) is 16.7. The van der Waals surface area contributed by atoms with Crippen molar-refractivity contribution in [2.75, 3.05) is 0 Å². The van der Waals surface area contributed by atoms with Crippen LogP contribution in [0.25, 0.3) is 21.9 Å². The molecule has 2 heterocycles. The number of aromatic hydroxyl groups is 1. The van der Waals surface area contributed by atoms with Gasteiger partial charge in [-0.1, -0.05) is 13.3 Å². The van der Waals surface area contributed by atoms with Crippen LogP contribution in [0.15, 0.2) is 57.9 Å². The van der Waals surface area contributed by atoms with Crippen molar-refractivity contribution in [3.63, 3.8) is 0 Å². The molecule has 9 nitrogen and oxygen atoms in total. The summed E-state index contributed by atoms with van der Waals surface area (Å²) in [5, 5.41) is 23.4. The molecule has 4 aromatic rings. The van der Waals surface area contributed by atoms with E-state index in [-0.39, 0.29) is 12.2 Å². The number of phenols is 1. The van der Waals surface area contributed by atoms with E-state index < -0.39 is 29.6 Å². The maximum atomic E-state index is 12.7. The van der Waals surface area contributed by atoms with Gasteiger partial charge < -0.3 is 29.7 Å². The quantitative estimate of drug-likeness (QED) is 0.270. The van der Waals surface area contributed by atoms with Gasteiger partial charge in [0, 0.05) is 41.0 Å². The lowest BCUT2D eigenvalue weighted by Gasteiger charge is -2.19. The third-order valence-electron chi connectivity index (χ3n) is 5.79. The maximum Gasteiger partial charge on any atom is 0.336 e. The second kappa shape index (κ2) is 9.92. The van der Waals surface area contributed by atoms with Crippen molar-refractivity contribution in [2.45, 2.75) is 45.3 Å². The number of fused-ring (bicyclic) bond motifs is 2. The molecule has 4 rings (SSSR count). The lowest BCUT2D eigenvalue weighted by molar-refractivity contribution is -0.142. The molecule has 0 aliphatic carbocycles. The number of ether oxygens (including phenoxy) is 1. The molecule has 0 saturated heterocycles. The number of H-pyrrole nitrogens is 1. The van der Waals surface area contributed by atoms with E-state index in [2.05, 4.69) is 10.3 Å². The number of carbonyl (C=O) groups excluding carboxylic acids is 1. The number of aliphatic carboxylic acids is 1. The third kappa shape index (κ3) is 5.29. The monoisotopic (exact) mass is 478 g/mol. The third-order valence-corrected chi connectivity index (χ3v) is 5.79. The Balaban J connectivity index is 1.48. The molecule has 0 bridgehead atoms. The minimum Gasteiger partial charge on any atom is -0.508 e. The lowest BCUT2D eigenvalue weighted by Crippen LogP contribution is -2.47. The molecule has 4 N–H and O–H groups in total. The number of aromatic amines is 1. The summed E-state index contributed by atoms with van der Waals surface area (Å²) in [5.41, 5.74) is 2.17. The van der Waals surface area contributed by atoms with Gasteiger partial charge in [-0.3, -0.25) is 4.79 Å². The summed E-state index contributed by atoms with van der Waals surface area (Å²) in [5.74, 6) is -1.43. The molecule has 2 unspecified atom stereocenters. The van der Waals surface area contributed by atoms with Crippen LogP contribution < -0.4 is 15.7 Å². The van der Waals surface area contributed by atoms with Crippen LogP contribution in [-0.2, 0) is 22.4 Å². The van der Waals surface area contributed by atoms with Gasteiger partial charge in [-0.05, 0) is 54.8 Å². The summed E-state index contributed by atoms with van der Waals surface area (Å²) in [7, 11) is 0. The molecule has 2 aromatic carbocycles. The van der Waals surface area contributed by atoms with Crippen molar-refractivity contribution in [2.24, 2.45) is 0 Å². The van der Waals surface area contributed by atoms with Crippen LogP contribution in [0.3, 0.4) is 0 Å². The van der Waals surface area contributed by atoms with Crippen molar-refractivity contribution in [1.82, 2.24) is 10.3 Å². The van der Waals surface area contributed by atoms with E-state index in [9.17, 15) is 24.6 Å². The molecule has 1 amide bonds. The first-order valence-electron chi connectivity index (χ1n) is 11.3. The van der Waals surface area contributed by atoms with Gasteiger partial charge in [-0.15, -0.1) is 0 Å². The predicted octanol–water partition coefficient (Wildman–Crippen LogP) is 3.51. The van der Waals surface area contributed by atoms with Gasteiger partial charge in [0.25, 0.3) is 5.91 Å². The number of benzene rings is 2. The summed E-state index contributed by atoms with van der Waals surface area (Å²) in [6.45, 7) is 3.52. The zero-order valence-corrected chi connectivity index (χ0v) is 19.3. The van der Waals surface area contributed by atoms with E-state index >= 15 is 0 Å². The summed E-state index contributed by atoms with van der Waals surface area (Å²) in [6.07, 6.45) is 2.26. The minimum atomic E-state index is -1.21. The average Bonchev–Trinajstić information content (AvgIpc) is 3.20. The number of carboxylic acids is 1. The molecular formula is C26H26N2O7. The number of phenolic OH excluding ortho intramolecular Hbond substituents is 1. The van der Waals surface area contributed by atoms with Gasteiger partial charge in [-0.2, -0.15) is 0 Å². The van der Waals surface area contributed by atoms with Crippen molar-refractivity contribution in [1.29, 1.82) is 0 Å². The maximum absolute atomic E-state index is 12.7. The van der Waals surface area contributed by atoms with E-state index in [4.69, 9.17) is 9.15 Å². The molecule has 0 radical (unpaired) electrons. The van der Waals surface area contributed by atoms with Gasteiger partial charge in [0.15, 0.2) is 6.10 Å². The Morgan fingerprint density at radius 3 is 2.66 bits per heavy atom. The van der Waals surface area contributed by atoms with Crippen molar-refractivity contribution < 1.29 is 29.0 Å². The highest BCUT2D eigenvalue weighted by atomic mass is 16.5. The van der Waals surface area contributed by atoms with E-state index in [0.717, 1.165) is 29.3 Å².